The molecule has 12 heavy (non-hydrogen) atoms. The van der Waals surface area contributed by atoms with E-state index in [4.69, 9.17) is 5.11 Å². The van der Waals surface area contributed by atoms with Crippen molar-refractivity contribution in [1.29, 1.82) is 0 Å². The molecule has 0 rings (SSSR count). The van der Waals surface area contributed by atoms with Crippen LogP contribution in [-0.2, 0) is 4.79 Å². The standard InChI is InChI=1S/C10H18O2/c1-4-5-8(2)6-9(3)7-10(11)12/h7-8H,4-6H2,1-3H3,(H,11,12)/b9-7+. The molecule has 0 aliphatic heterocycles. The third-order valence-corrected chi connectivity index (χ3v) is 1.82. The van der Waals surface area contributed by atoms with Crippen molar-refractivity contribution in [3.05, 3.63) is 11.6 Å². The Kier molecular flexibility index (Phi) is 5.43. The van der Waals surface area contributed by atoms with Crippen molar-refractivity contribution in [2.45, 2.75) is 40.0 Å². The largest absolute Gasteiger partial charge is 0.478 e. The van der Waals surface area contributed by atoms with Crippen molar-refractivity contribution in [1.82, 2.24) is 0 Å². The van der Waals surface area contributed by atoms with Crippen LogP contribution >= 0.6 is 0 Å². The van der Waals surface area contributed by atoms with Crippen molar-refractivity contribution in [2.75, 3.05) is 0 Å². The summed E-state index contributed by atoms with van der Waals surface area (Å²) in [6.45, 7) is 6.18. The van der Waals surface area contributed by atoms with Crippen LogP contribution in [0.25, 0.3) is 0 Å². The quantitative estimate of drug-likeness (QED) is 0.644. The van der Waals surface area contributed by atoms with Gasteiger partial charge < -0.3 is 5.11 Å². The first-order valence-corrected chi connectivity index (χ1v) is 4.46. The van der Waals surface area contributed by atoms with Gasteiger partial charge in [0, 0.05) is 6.08 Å². The topological polar surface area (TPSA) is 37.3 Å². The van der Waals surface area contributed by atoms with Gasteiger partial charge in [-0.15, -0.1) is 0 Å². The van der Waals surface area contributed by atoms with Crippen molar-refractivity contribution < 1.29 is 9.90 Å². The zero-order valence-corrected chi connectivity index (χ0v) is 8.13. The maximum atomic E-state index is 10.3. The fraction of sp³-hybridized carbons (Fsp3) is 0.700. The molecule has 0 amide bonds. The second-order valence-corrected chi connectivity index (χ2v) is 3.43. The minimum absolute atomic E-state index is 0.602. The van der Waals surface area contributed by atoms with Gasteiger partial charge in [-0.1, -0.05) is 32.3 Å². The lowest BCUT2D eigenvalue weighted by atomic mass is 9.98. The second-order valence-electron chi connectivity index (χ2n) is 3.43. The van der Waals surface area contributed by atoms with E-state index in [0.29, 0.717) is 5.92 Å². The molecule has 1 unspecified atom stereocenters. The molecule has 0 bridgehead atoms. The SMILES string of the molecule is CCCC(C)C/C(C)=C/C(=O)O. The summed E-state index contributed by atoms with van der Waals surface area (Å²) in [4.78, 5) is 10.3. The number of hydrogen-bond donors (Lipinski definition) is 1. The summed E-state index contributed by atoms with van der Waals surface area (Å²) in [5.74, 6) is -0.234. The van der Waals surface area contributed by atoms with Gasteiger partial charge in [0.15, 0.2) is 0 Å². The highest BCUT2D eigenvalue weighted by Crippen LogP contribution is 2.15. The number of hydrogen-bond acceptors (Lipinski definition) is 1. The molecule has 0 radical (unpaired) electrons. The molecule has 0 aliphatic rings. The highest BCUT2D eigenvalue weighted by molar-refractivity contribution is 5.80. The Hall–Kier alpha value is -0.790. The summed E-state index contributed by atoms with van der Waals surface area (Å²) in [6, 6.07) is 0. The highest BCUT2D eigenvalue weighted by atomic mass is 16.4. The molecule has 70 valence electrons. The molecule has 0 aromatic carbocycles. The molecule has 2 nitrogen and oxygen atoms in total. The van der Waals surface area contributed by atoms with Gasteiger partial charge in [0.05, 0.1) is 0 Å². The van der Waals surface area contributed by atoms with Crippen molar-refractivity contribution in [3.8, 4) is 0 Å². The average Bonchev–Trinajstić information content (AvgIpc) is 1.84. The third kappa shape index (κ3) is 5.96. The molecule has 0 saturated heterocycles. The Morgan fingerprint density at radius 1 is 1.58 bits per heavy atom. The van der Waals surface area contributed by atoms with Crippen molar-refractivity contribution in [2.24, 2.45) is 5.92 Å². The molecular formula is C10H18O2. The van der Waals surface area contributed by atoms with Gasteiger partial charge in [-0.3, -0.25) is 0 Å². The molecule has 1 atom stereocenters. The van der Waals surface area contributed by atoms with Gasteiger partial charge in [0.2, 0.25) is 0 Å². The lowest BCUT2D eigenvalue weighted by Gasteiger charge is -2.08. The van der Waals surface area contributed by atoms with Crippen LogP contribution in [0.3, 0.4) is 0 Å². The molecular weight excluding hydrogens is 152 g/mol. The fourth-order valence-corrected chi connectivity index (χ4v) is 1.41. The van der Waals surface area contributed by atoms with Crippen LogP contribution in [0.5, 0.6) is 0 Å². The van der Waals surface area contributed by atoms with E-state index >= 15 is 0 Å². The van der Waals surface area contributed by atoms with Crippen LogP contribution in [0.4, 0.5) is 0 Å². The average molecular weight is 170 g/mol. The zero-order valence-electron chi connectivity index (χ0n) is 8.13. The maximum Gasteiger partial charge on any atom is 0.328 e. The van der Waals surface area contributed by atoms with Crippen LogP contribution in [0.1, 0.15) is 40.0 Å². The van der Waals surface area contributed by atoms with Gasteiger partial charge in [-0.25, -0.2) is 4.79 Å². The van der Waals surface area contributed by atoms with Gasteiger partial charge >= 0.3 is 5.97 Å². The van der Waals surface area contributed by atoms with E-state index in [1.807, 2.05) is 6.92 Å². The van der Waals surface area contributed by atoms with Gasteiger partial charge in [0.25, 0.3) is 0 Å². The van der Waals surface area contributed by atoms with Gasteiger partial charge in [-0.2, -0.15) is 0 Å². The number of aliphatic carboxylic acids is 1. The van der Waals surface area contributed by atoms with E-state index in [2.05, 4.69) is 13.8 Å². The van der Waals surface area contributed by atoms with Crippen LogP contribution in [0, 0.1) is 5.92 Å². The molecule has 0 saturated carbocycles. The van der Waals surface area contributed by atoms with E-state index in [0.717, 1.165) is 12.0 Å². The van der Waals surface area contributed by atoms with E-state index in [1.54, 1.807) is 0 Å². The predicted octanol–water partition coefficient (Wildman–Crippen LogP) is 2.84. The summed E-state index contributed by atoms with van der Waals surface area (Å²) in [5.41, 5.74) is 0.962. The Balaban J connectivity index is 3.82. The fourth-order valence-electron chi connectivity index (χ4n) is 1.41. The number of rotatable bonds is 5. The normalized spacial score (nSPS) is 14.4. The molecule has 0 aromatic rings. The second kappa shape index (κ2) is 5.81. The highest BCUT2D eigenvalue weighted by Gasteiger charge is 2.02. The minimum Gasteiger partial charge on any atom is -0.478 e. The number of carbonyl (C=O) groups is 1. The Labute approximate surface area is 74.3 Å². The van der Waals surface area contributed by atoms with Crippen LogP contribution < -0.4 is 0 Å². The van der Waals surface area contributed by atoms with Crippen molar-refractivity contribution in [3.63, 3.8) is 0 Å². The third-order valence-electron chi connectivity index (χ3n) is 1.82. The van der Waals surface area contributed by atoms with Crippen LogP contribution in [-0.4, -0.2) is 11.1 Å². The van der Waals surface area contributed by atoms with E-state index in [9.17, 15) is 4.79 Å². The molecule has 0 aromatic heterocycles. The Morgan fingerprint density at radius 2 is 2.17 bits per heavy atom. The number of carboxylic acid groups (broad SMARTS) is 1. The first-order valence-electron chi connectivity index (χ1n) is 4.46. The van der Waals surface area contributed by atoms with E-state index in [1.165, 1.54) is 18.9 Å². The lowest BCUT2D eigenvalue weighted by molar-refractivity contribution is -0.131. The molecule has 0 fully saturated rings. The summed E-state index contributed by atoms with van der Waals surface area (Å²) in [7, 11) is 0. The predicted molar refractivity (Wildman–Crippen MR) is 50.1 cm³/mol. The number of carboxylic acids is 1. The Morgan fingerprint density at radius 3 is 2.58 bits per heavy atom. The summed E-state index contributed by atoms with van der Waals surface area (Å²) < 4.78 is 0. The molecule has 1 N–H and O–H groups in total. The van der Waals surface area contributed by atoms with Crippen LogP contribution in [0.2, 0.25) is 0 Å². The van der Waals surface area contributed by atoms with Crippen LogP contribution in [0.15, 0.2) is 11.6 Å². The van der Waals surface area contributed by atoms with Gasteiger partial charge in [-0.05, 0) is 19.3 Å². The first kappa shape index (κ1) is 11.2. The monoisotopic (exact) mass is 170 g/mol. The lowest BCUT2D eigenvalue weighted by Crippen LogP contribution is -1.97. The molecule has 2 heteroatoms. The van der Waals surface area contributed by atoms with E-state index in [-0.39, 0.29) is 0 Å². The van der Waals surface area contributed by atoms with Crippen molar-refractivity contribution >= 4 is 5.97 Å². The Bertz CT molecular complexity index is 171. The summed E-state index contributed by atoms with van der Waals surface area (Å²) in [5, 5.41) is 8.45. The summed E-state index contributed by atoms with van der Waals surface area (Å²) in [6.07, 6.45) is 4.54. The van der Waals surface area contributed by atoms with E-state index < -0.39 is 5.97 Å². The molecule has 0 heterocycles. The maximum absolute atomic E-state index is 10.3. The smallest absolute Gasteiger partial charge is 0.328 e. The number of allylic oxidation sites excluding steroid dienone is 1. The van der Waals surface area contributed by atoms with Gasteiger partial charge in [0.1, 0.15) is 0 Å². The summed E-state index contributed by atoms with van der Waals surface area (Å²) >= 11 is 0. The zero-order chi connectivity index (χ0) is 9.56. The first-order chi connectivity index (χ1) is 5.56. The minimum atomic E-state index is -0.837. The molecule has 0 spiro atoms. The molecule has 0 aliphatic carbocycles.